The highest BCUT2D eigenvalue weighted by atomic mass is 35.5. The smallest absolute Gasteiger partial charge is 0.309 e. The monoisotopic (exact) mass is 292 g/mol. The Bertz CT molecular complexity index is 606. The van der Waals surface area contributed by atoms with Crippen molar-refractivity contribution >= 4 is 17.6 Å². The predicted molar refractivity (Wildman–Crippen MR) is 78.2 cm³/mol. The number of imidazole rings is 1. The number of aliphatic carboxylic acids is 1. The standard InChI is InChI=1S/C15H17ClN2O2/c1-10(2)15-17-14(16)12(8-13(19)20)18(15)9-11-6-4-3-5-7-11/h3-7,10H,8-9H2,1-2H3,(H,19,20). The average molecular weight is 293 g/mol. The maximum atomic E-state index is 11.0. The Hall–Kier alpha value is -1.81. The Morgan fingerprint density at radius 3 is 2.55 bits per heavy atom. The van der Waals surface area contributed by atoms with E-state index < -0.39 is 5.97 Å². The maximum Gasteiger partial charge on any atom is 0.309 e. The van der Waals surface area contributed by atoms with Crippen LogP contribution in [0, 0.1) is 0 Å². The zero-order valence-corrected chi connectivity index (χ0v) is 12.3. The molecule has 0 radical (unpaired) electrons. The minimum absolute atomic E-state index is 0.120. The number of aromatic nitrogens is 2. The molecular weight excluding hydrogens is 276 g/mol. The summed E-state index contributed by atoms with van der Waals surface area (Å²) < 4.78 is 1.91. The fourth-order valence-electron chi connectivity index (χ4n) is 2.17. The summed E-state index contributed by atoms with van der Waals surface area (Å²) in [6.45, 7) is 4.62. The van der Waals surface area contributed by atoms with E-state index in [2.05, 4.69) is 4.98 Å². The SMILES string of the molecule is CC(C)c1nc(Cl)c(CC(=O)O)n1Cc1ccccc1. The van der Waals surface area contributed by atoms with Gasteiger partial charge in [0.25, 0.3) is 0 Å². The van der Waals surface area contributed by atoms with Gasteiger partial charge >= 0.3 is 5.97 Å². The van der Waals surface area contributed by atoms with Gasteiger partial charge in [-0.3, -0.25) is 4.79 Å². The lowest BCUT2D eigenvalue weighted by atomic mass is 10.1. The minimum atomic E-state index is -0.906. The van der Waals surface area contributed by atoms with Crippen molar-refractivity contribution in [3.8, 4) is 0 Å². The molecule has 0 bridgehead atoms. The van der Waals surface area contributed by atoms with Gasteiger partial charge in [-0.25, -0.2) is 4.98 Å². The Morgan fingerprint density at radius 1 is 1.35 bits per heavy atom. The van der Waals surface area contributed by atoms with Crippen LogP contribution >= 0.6 is 11.6 Å². The van der Waals surface area contributed by atoms with E-state index in [0.29, 0.717) is 12.2 Å². The Balaban J connectivity index is 2.44. The number of carboxylic acid groups (broad SMARTS) is 1. The molecule has 0 fully saturated rings. The molecule has 1 aromatic carbocycles. The highest BCUT2D eigenvalue weighted by Gasteiger charge is 2.20. The van der Waals surface area contributed by atoms with Crippen LogP contribution in [0.3, 0.4) is 0 Å². The van der Waals surface area contributed by atoms with Gasteiger partial charge in [0.2, 0.25) is 0 Å². The molecule has 0 saturated carbocycles. The van der Waals surface area contributed by atoms with Crippen molar-refractivity contribution in [3.05, 3.63) is 52.6 Å². The lowest BCUT2D eigenvalue weighted by Crippen LogP contribution is -2.13. The summed E-state index contributed by atoms with van der Waals surface area (Å²) in [5.41, 5.74) is 1.65. The van der Waals surface area contributed by atoms with Crippen LogP contribution in [0.15, 0.2) is 30.3 Å². The summed E-state index contributed by atoms with van der Waals surface area (Å²) in [4.78, 5) is 15.3. The van der Waals surface area contributed by atoms with Crippen LogP contribution < -0.4 is 0 Å². The van der Waals surface area contributed by atoms with E-state index in [4.69, 9.17) is 16.7 Å². The predicted octanol–water partition coefficient (Wildman–Crippen LogP) is 3.34. The molecule has 1 N–H and O–H groups in total. The zero-order chi connectivity index (χ0) is 14.7. The van der Waals surface area contributed by atoms with Crippen LogP contribution in [0.2, 0.25) is 5.15 Å². The van der Waals surface area contributed by atoms with E-state index in [1.54, 1.807) is 0 Å². The Labute approximate surface area is 123 Å². The number of benzene rings is 1. The molecule has 0 unspecified atom stereocenters. The molecule has 5 heteroatoms. The summed E-state index contributed by atoms with van der Waals surface area (Å²) in [5, 5.41) is 9.31. The van der Waals surface area contributed by atoms with Crippen molar-refractivity contribution in [2.45, 2.75) is 32.7 Å². The molecule has 0 aliphatic rings. The van der Waals surface area contributed by atoms with Crippen LogP contribution in [0.5, 0.6) is 0 Å². The van der Waals surface area contributed by atoms with Crippen molar-refractivity contribution < 1.29 is 9.90 Å². The van der Waals surface area contributed by atoms with Gasteiger partial charge in [-0.15, -0.1) is 0 Å². The third-order valence-corrected chi connectivity index (χ3v) is 3.37. The Kier molecular flexibility index (Phi) is 4.45. The van der Waals surface area contributed by atoms with Crippen molar-refractivity contribution in [1.29, 1.82) is 0 Å². The van der Waals surface area contributed by atoms with Crippen LogP contribution in [0.4, 0.5) is 0 Å². The van der Waals surface area contributed by atoms with Crippen molar-refractivity contribution in [3.63, 3.8) is 0 Å². The second-order valence-electron chi connectivity index (χ2n) is 5.00. The van der Waals surface area contributed by atoms with Gasteiger partial charge in [0.1, 0.15) is 5.82 Å². The van der Waals surface area contributed by atoms with Gasteiger partial charge < -0.3 is 9.67 Å². The molecule has 106 valence electrons. The maximum absolute atomic E-state index is 11.0. The van der Waals surface area contributed by atoms with E-state index >= 15 is 0 Å². The lowest BCUT2D eigenvalue weighted by Gasteiger charge is -2.13. The molecule has 1 heterocycles. The van der Waals surface area contributed by atoms with E-state index in [9.17, 15) is 4.79 Å². The van der Waals surface area contributed by atoms with Crippen LogP contribution in [-0.4, -0.2) is 20.6 Å². The van der Waals surface area contributed by atoms with E-state index in [-0.39, 0.29) is 17.5 Å². The highest BCUT2D eigenvalue weighted by Crippen LogP contribution is 2.24. The molecule has 0 aliphatic carbocycles. The van der Waals surface area contributed by atoms with Gasteiger partial charge in [0, 0.05) is 12.5 Å². The molecule has 0 amide bonds. The van der Waals surface area contributed by atoms with Crippen LogP contribution in [0.25, 0.3) is 0 Å². The molecule has 1 aromatic heterocycles. The first kappa shape index (κ1) is 14.6. The number of rotatable bonds is 5. The number of hydrogen-bond donors (Lipinski definition) is 1. The topological polar surface area (TPSA) is 55.1 Å². The van der Waals surface area contributed by atoms with Crippen molar-refractivity contribution in [2.75, 3.05) is 0 Å². The Morgan fingerprint density at radius 2 is 2.00 bits per heavy atom. The largest absolute Gasteiger partial charge is 0.481 e. The van der Waals surface area contributed by atoms with Gasteiger partial charge in [0.15, 0.2) is 5.15 Å². The van der Waals surface area contributed by atoms with E-state index in [1.807, 2.05) is 48.7 Å². The summed E-state index contributed by atoms with van der Waals surface area (Å²) >= 11 is 6.11. The zero-order valence-electron chi connectivity index (χ0n) is 11.5. The summed E-state index contributed by atoms with van der Waals surface area (Å²) in [6, 6.07) is 9.87. The molecule has 2 rings (SSSR count). The number of hydrogen-bond acceptors (Lipinski definition) is 2. The van der Waals surface area contributed by atoms with Crippen LogP contribution in [-0.2, 0) is 17.8 Å². The molecule has 20 heavy (non-hydrogen) atoms. The lowest BCUT2D eigenvalue weighted by molar-refractivity contribution is -0.136. The molecule has 0 atom stereocenters. The molecular formula is C15H17ClN2O2. The normalized spacial score (nSPS) is 11.0. The minimum Gasteiger partial charge on any atom is -0.481 e. The first-order valence-electron chi connectivity index (χ1n) is 6.49. The fourth-order valence-corrected chi connectivity index (χ4v) is 2.43. The molecule has 4 nitrogen and oxygen atoms in total. The van der Waals surface area contributed by atoms with E-state index in [1.165, 1.54) is 0 Å². The van der Waals surface area contributed by atoms with Gasteiger partial charge in [-0.2, -0.15) is 0 Å². The third kappa shape index (κ3) is 3.20. The van der Waals surface area contributed by atoms with Gasteiger partial charge in [0.05, 0.1) is 12.1 Å². The second-order valence-corrected chi connectivity index (χ2v) is 5.36. The van der Waals surface area contributed by atoms with Crippen molar-refractivity contribution in [2.24, 2.45) is 0 Å². The fraction of sp³-hybridized carbons (Fsp3) is 0.333. The number of halogens is 1. The molecule has 0 spiro atoms. The highest BCUT2D eigenvalue weighted by molar-refractivity contribution is 6.30. The first-order chi connectivity index (χ1) is 9.49. The second kappa shape index (κ2) is 6.09. The summed E-state index contributed by atoms with van der Waals surface area (Å²) in [6.07, 6.45) is -0.120. The van der Waals surface area contributed by atoms with Gasteiger partial charge in [-0.1, -0.05) is 55.8 Å². The van der Waals surface area contributed by atoms with E-state index in [0.717, 1.165) is 11.4 Å². The molecule has 0 saturated heterocycles. The number of carbonyl (C=O) groups is 1. The molecule has 2 aromatic rings. The van der Waals surface area contributed by atoms with Crippen molar-refractivity contribution in [1.82, 2.24) is 9.55 Å². The molecule has 0 aliphatic heterocycles. The van der Waals surface area contributed by atoms with Crippen LogP contribution in [0.1, 0.15) is 36.8 Å². The number of carboxylic acids is 1. The average Bonchev–Trinajstić information content (AvgIpc) is 2.68. The third-order valence-electron chi connectivity index (χ3n) is 3.07. The van der Waals surface area contributed by atoms with Gasteiger partial charge in [-0.05, 0) is 5.56 Å². The first-order valence-corrected chi connectivity index (χ1v) is 6.87. The quantitative estimate of drug-likeness (QED) is 0.919. The summed E-state index contributed by atoms with van der Waals surface area (Å²) in [7, 11) is 0. The number of nitrogens with zero attached hydrogens (tertiary/aromatic N) is 2. The summed E-state index contributed by atoms with van der Waals surface area (Å²) in [5.74, 6) is 0.0882.